The first-order valence-electron chi connectivity index (χ1n) is 6.74. The molecule has 0 aliphatic rings. The van der Waals surface area contributed by atoms with E-state index in [2.05, 4.69) is 13.8 Å². The third kappa shape index (κ3) is 4.51. The molecule has 1 atom stereocenters. The summed E-state index contributed by atoms with van der Waals surface area (Å²) in [6.07, 6.45) is 3.03. The molecule has 0 aliphatic heterocycles. The minimum atomic E-state index is 0.0837. The molecule has 1 aromatic carbocycles. The smallest absolute Gasteiger partial charge is 0.124 e. The van der Waals surface area contributed by atoms with Crippen molar-refractivity contribution >= 4 is 11.6 Å². The third-order valence-electron chi connectivity index (χ3n) is 3.23. The zero-order chi connectivity index (χ0) is 13.5. The molecule has 0 radical (unpaired) electrons. The Balaban J connectivity index is 2.78. The van der Waals surface area contributed by atoms with Gasteiger partial charge in [0.1, 0.15) is 5.75 Å². The monoisotopic (exact) mass is 269 g/mol. The van der Waals surface area contributed by atoms with E-state index in [1.54, 1.807) is 0 Å². The van der Waals surface area contributed by atoms with Crippen molar-refractivity contribution in [1.82, 2.24) is 0 Å². The summed E-state index contributed by atoms with van der Waals surface area (Å²) in [5, 5.41) is 0.745. The molecule has 0 saturated heterocycles. The highest BCUT2D eigenvalue weighted by molar-refractivity contribution is 6.31. The van der Waals surface area contributed by atoms with Crippen LogP contribution in [0.4, 0.5) is 0 Å². The van der Waals surface area contributed by atoms with Gasteiger partial charge in [0.2, 0.25) is 0 Å². The molecular weight excluding hydrogens is 246 g/mol. The molecule has 2 nitrogen and oxygen atoms in total. The molecule has 18 heavy (non-hydrogen) atoms. The fraction of sp³-hybridized carbons (Fsp3) is 0.600. The van der Waals surface area contributed by atoms with Crippen molar-refractivity contribution in [2.45, 2.75) is 46.1 Å². The average Bonchev–Trinajstić information content (AvgIpc) is 2.34. The van der Waals surface area contributed by atoms with Crippen molar-refractivity contribution in [3.8, 4) is 5.75 Å². The van der Waals surface area contributed by atoms with Crippen LogP contribution < -0.4 is 10.5 Å². The number of rotatable bonds is 7. The number of benzene rings is 1. The second kappa shape index (κ2) is 7.65. The van der Waals surface area contributed by atoms with Gasteiger partial charge in [-0.15, -0.1) is 0 Å². The van der Waals surface area contributed by atoms with Gasteiger partial charge in [0, 0.05) is 16.6 Å². The van der Waals surface area contributed by atoms with Crippen LogP contribution in [-0.2, 0) is 6.42 Å². The van der Waals surface area contributed by atoms with Gasteiger partial charge < -0.3 is 10.5 Å². The molecule has 1 aromatic rings. The van der Waals surface area contributed by atoms with E-state index in [1.807, 2.05) is 25.1 Å². The van der Waals surface area contributed by atoms with E-state index in [0.29, 0.717) is 5.92 Å². The molecule has 0 heterocycles. The minimum Gasteiger partial charge on any atom is -0.493 e. The molecule has 0 spiro atoms. The topological polar surface area (TPSA) is 35.2 Å². The number of nitrogens with two attached hydrogens (primary N) is 1. The summed E-state index contributed by atoms with van der Waals surface area (Å²) in [5.74, 6) is 1.49. The maximum Gasteiger partial charge on any atom is 0.124 e. The van der Waals surface area contributed by atoms with E-state index in [-0.39, 0.29) is 6.04 Å². The van der Waals surface area contributed by atoms with E-state index in [9.17, 15) is 0 Å². The van der Waals surface area contributed by atoms with E-state index in [4.69, 9.17) is 22.1 Å². The van der Waals surface area contributed by atoms with E-state index in [1.165, 1.54) is 0 Å². The summed E-state index contributed by atoms with van der Waals surface area (Å²) >= 11 is 6.22. The Hall–Kier alpha value is -0.730. The standard InChI is InChI=1S/C15H24ClNO/c1-4-12(5-2)10-18-15-8-6-7-14(16)13(15)9-11(3)17/h6-8,11-12H,4-5,9-10,17H2,1-3H3. The van der Waals surface area contributed by atoms with Crippen LogP contribution >= 0.6 is 11.6 Å². The molecule has 0 aliphatic carbocycles. The van der Waals surface area contributed by atoms with E-state index >= 15 is 0 Å². The van der Waals surface area contributed by atoms with Crippen molar-refractivity contribution in [1.29, 1.82) is 0 Å². The SMILES string of the molecule is CCC(CC)COc1cccc(Cl)c1CC(C)N. The molecule has 2 N–H and O–H groups in total. The fourth-order valence-electron chi connectivity index (χ4n) is 1.93. The van der Waals surface area contributed by atoms with Crippen LogP contribution in [0.2, 0.25) is 5.02 Å². The Morgan fingerprint density at radius 1 is 1.28 bits per heavy atom. The molecule has 1 unspecified atom stereocenters. The van der Waals surface area contributed by atoms with Crippen LogP contribution in [0.1, 0.15) is 39.2 Å². The summed E-state index contributed by atoms with van der Waals surface area (Å²) < 4.78 is 5.92. The first-order valence-corrected chi connectivity index (χ1v) is 7.12. The van der Waals surface area contributed by atoms with Crippen LogP contribution in [0.15, 0.2) is 18.2 Å². The molecule has 0 bridgehead atoms. The third-order valence-corrected chi connectivity index (χ3v) is 3.59. The first-order chi connectivity index (χ1) is 8.58. The van der Waals surface area contributed by atoms with Crippen LogP contribution in [-0.4, -0.2) is 12.6 Å². The second-order valence-corrected chi connectivity index (χ2v) is 5.30. The highest BCUT2D eigenvalue weighted by atomic mass is 35.5. The molecule has 0 aromatic heterocycles. The highest BCUT2D eigenvalue weighted by Crippen LogP contribution is 2.28. The van der Waals surface area contributed by atoms with Crippen molar-refractivity contribution in [3.05, 3.63) is 28.8 Å². The van der Waals surface area contributed by atoms with Crippen LogP contribution in [0.25, 0.3) is 0 Å². The number of ether oxygens (including phenoxy) is 1. The lowest BCUT2D eigenvalue weighted by Gasteiger charge is -2.18. The Bertz CT molecular complexity index is 362. The Labute approximate surface area is 115 Å². The molecule has 3 heteroatoms. The van der Waals surface area contributed by atoms with Gasteiger partial charge >= 0.3 is 0 Å². The largest absolute Gasteiger partial charge is 0.493 e. The summed E-state index contributed by atoms with van der Waals surface area (Å²) in [5.41, 5.74) is 6.88. The highest BCUT2D eigenvalue weighted by Gasteiger charge is 2.12. The van der Waals surface area contributed by atoms with E-state index in [0.717, 1.165) is 42.2 Å². The minimum absolute atomic E-state index is 0.0837. The predicted molar refractivity (Wildman–Crippen MR) is 78.4 cm³/mol. The van der Waals surface area contributed by atoms with Gasteiger partial charge in [-0.3, -0.25) is 0 Å². The van der Waals surface area contributed by atoms with Gasteiger partial charge in [0.25, 0.3) is 0 Å². The van der Waals surface area contributed by atoms with Gasteiger partial charge in [-0.25, -0.2) is 0 Å². The van der Waals surface area contributed by atoms with Crippen LogP contribution in [0.3, 0.4) is 0 Å². The lowest BCUT2D eigenvalue weighted by Crippen LogP contribution is -2.19. The normalized spacial score (nSPS) is 12.8. The number of hydrogen-bond acceptors (Lipinski definition) is 2. The van der Waals surface area contributed by atoms with Gasteiger partial charge in [0.15, 0.2) is 0 Å². The molecule has 0 fully saturated rings. The van der Waals surface area contributed by atoms with Crippen LogP contribution in [0, 0.1) is 5.92 Å². The zero-order valence-electron chi connectivity index (χ0n) is 11.6. The van der Waals surface area contributed by atoms with Gasteiger partial charge in [-0.05, 0) is 31.4 Å². The summed E-state index contributed by atoms with van der Waals surface area (Å²) in [4.78, 5) is 0. The summed E-state index contributed by atoms with van der Waals surface area (Å²) in [7, 11) is 0. The lowest BCUT2D eigenvalue weighted by atomic mass is 10.0. The lowest BCUT2D eigenvalue weighted by molar-refractivity contribution is 0.238. The molecule has 0 amide bonds. The number of hydrogen-bond donors (Lipinski definition) is 1. The van der Waals surface area contributed by atoms with Crippen molar-refractivity contribution in [3.63, 3.8) is 0 Å². The van der Waals surface area contributed by atoms with Gasteiger partial charge in [0.05, 0.1) is 6.61 Å². The van der Waals surface area contributed by atoms with Gasteiger partial charge in [-0.1, -0.05) is 44.4 Å². The molecule has 0 saturated carbocycles. The maximum absolute atomic E-state index is 6.22. The average molecular weight is 270 g/mol. The van der Waals surface area contributed by atoms with E-state index < -0.39 is 0 Å². The summed E-state index contributed by atoms with van der Waals surface area (Å²) in [6.45, 7) is 7.12. The van der Waals surface area contributed by atoms with Crippen molar-refractivity contribution < 1.29 is 4.74 Å². The van der Waals surface area contributed by atoms with Gasteiger partial charge in [-0.2, -0.15) is 0 Å². The fourth-order valence-corrected chi connectivity index (χ4v) is 2.17. The Morgan fingerprint density at radius 3 is 2.50 bits per heavy atom. The summed E-state index contributed by atoms with van der Waals surface area (Å²) in [6, 6.07) is 5.88. The Kier molecular flexibility index (Phi) is 6.51. The maximum atomic E-state index is 6.22. The predicted octanol–water partition coefficient (Wildman–Crippen LogP) is 4.04. The molecular formula is C15H24ClNO. The molecule has 102 valence electrons. The zero-order valence-corrected chi connectivity index (χ0v) is 12.3. The quantitative estimate of drug-likeness (QED) is 0.811. The van der Waals surface area contributed by atoms with Crippen molar-refractivity contribution in [2.75, 3.05) is 6.61 Å². The number of halogens is 1. The second-order valence-electron chi connectivity index (χ2n) is 4.89. The first kappa shape index (κ1) is 15.3. The molecule has 1 rings (SSSR count). The Morgan fingerprint density at radius 2 is 1.94 bits per heavy atom. The van der Waals surface area contributed by atoms with Crippen molar-refractivity contribution in [2.24, 2.45) is 11.7 Å². The van der Waals surface area contributed by atoms with Crippen LogP contribution in [0.5, 0.6) is 5.75 Å².